The minimum absolute atomic E-state index is 0.0417. The summed E-state index contributed by atoms with van der Waals surface area (Å²) in [7, 11) is 1.71. The van der Waals surface area contributed by atoms with Crippen LogP contribution in [0.25, 0.3) is 20.4 Å². The molecule has 0 radical (unpaired) electrons. The van der Waals surface area contributed by atoms with Crippen LogP contribution in [0.3, 0.4) is 0 Å². The van der Waals surface area contributed by atoms with Crippen molar-refractivity contribution >= 4 is 72.6 Å². The molecule has 4 rings (SSSR count). The van der Waals surface area contributed by atoms with Gasteiger partial charge in [-0.1, -0.05) is 6.58 Å². The maximum Gasteiger partial charge on any atom is 0.262 e. The number of anilines is 1. The molecule has 0 atom stereocenters. The zero-order chi connectivity index (χ0) is 34.1. The molecular formula is C34H41N3O7S2. The fourth-order valence-corrected chi connectivity index (χ4v) is 5.66. The van der Waals surface area contributed by atoms with Crippen LogP contribution in [-0.4, -0.2) is 58.6 Å². The van der Waals surface area contributed by atoms with Gasteiger partial charge < -0.3 is 24.3 Å². The predicted octanol–water partition coefficient (Wildman–Crippen LogP) is 7.81. The molecule has 1 N–H and O–H groups in total. The van der Waals surface area contributed by atoms with Gasteiger partial charge in [-0.15, -0.1) is 22.7 Å². The van der Waals surface area contributed by atoms with E-state index in [-0.39, 0.29) is 54.5 Å². The van der Waals surface area contributed by atoms with Gasteiger partial charge in [-0.2, -0.15) is 0 Å². The average molecular weight is 668 g/mol. The Morgan fingerprint density at radius 3 is 1.98 bits per heavy atom. The summed E-state index contributed by atoms with van der Waals surface area (Å²) in [6.07, 6.45) is 1.67. The fraction of sp³-hybridized carbons (Fsp3) is 0.412. The van der Waals surface area contributed by atoms with E-state index in [2.05, 4.69) is 21.9 Å². The molecule has 2 aromatic carbocycles. The highest BCUT2D eigenvalue weighted by Gasteiger charge is 2.17. The molecule has 0 saturated carbocycles. The third-order valence-corrected chi connectivity index (χ3v) is 8.18. The third kappa shape index (κ3) is 11.7. The van der Waals surface area contributed by atoms with Crippen LogP contribution >= 0.6 is 22.7 Å². The number of hydrogen-bond acceptors (Lipinski definition) is 11. The standard InChI is InChI=1S/C29H29N3O6S2.C5H12O/c1-17(38-29(2,3)4)7-12-23(35)28-32-21-11-9-19(15-25(21)40-28)37-16-26(36)30-18-8-10-20-24(14-18)39-27(31-20)22(34)6-5-13-33;1-5(2,3)6-4/h8-11,13-15H,1,5-7,12,16H2,2-4H3,(H,30,36);1-4H3. The lowest BCUT2D eigenvalue weighted by molar-refractivity contribution is -0.118. The van der Waals surface area contributed by atoms with Crippen LogP contribution in [0, 0.1) is 0 Å². The lowest BCUT2D eigenvalue weighted by atomic mass is 10.1. The highest BCUT2D eigenvalue weighted by Crippen LogP contribution is 2.29. The Morgan fingerprint density at radius 1 is 0.848 bits per heavy atom. The molecule has 0 aliphatic rings. The molecule has 12 heteroatoms. The molecule has 4 aromatic rings. The summed E-state index contributed by atoms with van der Waals surface area (Å²) in [5, 5.41) is 3.53. The van der Waals surface area contributed by atoms with E-state index in [0.29, 0.717) is 51.0 Å². The van der Waals surface area contributed by atoms with Gasteiger partial charge in [0.15, 0.2) is 28.2 Å². The largest absolute Gasteiger partial charge is 0.493 e. The van der Waals surface area contributed by atoms with E-state index in [1.54, 1.807) is 43.5 Å². The van der Waals surface area contributed by atoms with E-state index in [4.69, 9.17) is 14.2 Å². The SMILES string of the molecule is C=C(CCC(=O)c1nc2ccc(OCC(=O)Nc3ccc4nc(C(=O)CCC=O)sc4c3)cc2s1)OC(C)(C)C.COC(C)(C)C. The Labute approximate surface area is 277 Å². The molecule has 46 heavy (non-hydrogen) atoms. The van der Waals surface area contributed by atoms with Crippen LogP contribution in [0.15, 0.2) is 48.7 Å². The molecular weight excluding hydrogens is 627 g/mol. The number of aromatic nitrogens is 2. The minimum atomic E-state index is -0.358. The number of Topliss-reactive ketones (excluding diaryl/α,β-unsaturated/α-hetero) is 2. The Kier molecular flexibility index (Phi) is 12.7. The first kappa shape index (κ1) is 36.5. The van der Waals surface area contributed by atoms with Gasteiger partial charge in [-0.05, 0) is 77.9 Å². The number of ether oxygens (including phenoxy) is 3. The summed E-state index contributed by atoms with van der Waals surface area (Å²) in [6.45, 7) is 15.5. The van der Waals surface area contributed by atoms with Crippen molar-refractivity contribution in [2.75, 3.05) is 19.0 Å². The van der Waals surface area contributed by atoms with Crippen molar-refractivity contribution < 1.29 is 33.4 Å². The first-order chi connectivity index (χ1) is 21.6. The first-order valence-corrected chi connectivity index (χ1v) is 16.4. The second-order valence-corrected chi connectivity index (χ2v) is 14.4. The molecule has 1 amide bonds. The van der Waals surface area contributed by atoms with E-state index < -0.39 is 0 Å². The van der Waals surface area contributed by atoms with E-state index in [1.165, 1.54) is 22.7 Å². The van der Waals surface area contributed by atoms with Crippen molar-refractivity contribution in [3.63, 3.8) is 0 Å². The molecule has 0 unspecified atom stereocenters. The number of ketones is 2. The minimum Gasteiger partial charge on any atom is -0.493 e. The Balaban J connectivity index is 0.000000875. The van der Waals surface area contributed by atoms with E-state index >= 15 is 0 Å². The summed E-state index contributed by atoms with van der Waals surface area (Å²) in [6, 6.07) is 10.4. The monoisotopic (exact) mass is 667 g/mol. The molecule has 0 fully saturated rings. The lowest BCUT2D eigenvalue weighted by Gasteiger charge is -2.22. The molecule has 2 aromatic heterocycles. The number of fused-ring (bicyclic) bond motifs is 2. The summed E-state index contributed by atoms with van der Waals surface area (Å²) in [5.74, 6) is 0.418. The highest BCUT2D eigenvalue weighted by molar-refractivity contribution is 7.20. The normalized spacial score (nSPS) is 11.5. The van der Waals surface area contributed by atoms with Gasteiger partial charge in [0.25, 0.3) is 5.91 Å². The van der Waals surface area contributed by atoms with E-state index in [9.17, 15) is 19.2 Å². The molecule has 2 heterocycles. The zero-order valence-corrected chi connectivity index (χ0v) is 29.0. The molecule has 0 spiro atoms. The number of rotatable bonds is 13. The Bertz CT molecular complexity index is 1710. The molecule has 246 valence electrons. The maximum absolute atomic E-state index is 12.7. The van der Waals surface area contributed by atoms with Crippen molar-refractivity contribution in [1.82, 2.24) is 9.97 Å². The highest BCUT2D eigenvalue weighted by atomic mass is 32.1. The summed E-state index contributed by atoms with van der Waals surface area (Å²) < 4.78 is 17.8. The Hall–Kier alpha value is -4.00. The molecule has 0 saturated heterocycles. The smallest absolute Gasteiger partial charge is 0.262 e. The number of carbonyl (C=O) groups is 4. The van der Waals surface area contributed by atoms with Gasteiger partial charge in [0.05, 0.1) is 31.8 Å². The average Bonchev–Trinajstić information content (AvgIpc) is 3.60. The summed E-state index contributed by atoms with van der Waals surface area (Å²) >= 11 is 2.49. The molecule has 0 aliphatic heterocycles. The number of amides is 1. The number of aldehydes is 1. The molecule has 10 nitrogen and oxygen atoms in total. The number of methoxy groups -OCH3 is 1. The second-order valence-electron chi connectivity index (χ2n) is 12.3. The van der Waals surface area contributed by atoms with Crippen LogP contribution in [-0.2, 0) is 19.1 Å². The van der Waals surface area contributed by atoms with Gasteiger partial charge in [0.1, 0.15) is 17.6 Å². The van der Waals surface area contributed by atoms with Crippen LogP contribution in [0.5, 0.6) is 5.75 Å². The number of allylic oxidation sites excluding steroid dienone is 1. The van der Waals surface area contributed by atoms with Crippen LogP contribution < -0.4 is 10.1 Å². The molecule has 0 bridgehead atoms. The summed E-state index contributed by atoms with van der Waals surface area (Å²) in [5.41, 5.74) is 1.56. The fourth-order valence-electron chi connectivity index (χ4n) is 3.72. The first-order valence-electron chi connectivity index (χ1n) is 14.7. The topological polar surface area (TPSA) is 134 Å². The van der Waals surface area contributed by atoms with E-state index in [0.717, 1.165) is 9.40 Å². The number of nitrogens with one attached hydrogen (secondary N) is 1. The maximum atomic E-state index is 12.7. The number of carbonyl (C=O) groups excluding carboxylic acids is 4. The van der Waals surface area contributed by atoms with Crippen molar-refractivity contribution in [3.8, 4) is 5.75 Å². The summed E-state index contributed by atoms with van der Waals surface area (Å²) in [4.78, 5) is 56.6. The quantitative estimate of drug-likeness (QED) is 0.0861. The predicted molar refractivity (Wildman–Crippen MR) is 183 cm³/mol. The number of nitrogens with zero attached hydrogens (tertiary/aromatic N) is 2. The number of thiazole rings is 2. The van der Waals surface area contributed by atoms with Gasteiger partial charge in [-0.25, -0.2) is 9.97 Å². The van der Waals surface area contributed by atoms with Gasteiger partial charge in [-0.3, -0.25) is 14.4 Å². The van der Waals surface area contributed by atoms with Gasteiger partial charge >= 0.3 is 0 Å². The van der Waals surface area contributed by atoms with Crippen molar-refractivity contribution in [2.24, 2.45) is 0 Å². The van der Waals surface area contributed by atoms with Crippen molar-refractivity contribution in [1.29, 1.82) is 0 Å². The number of benzene rings is 2. The Morgan fingerprint density at radius 2 is 1.41 bits per heavy atom. The molecule has 0 aliphatic carbocycles. The lowest BCUT2D eigenvalue weighted by Crippen LogP contribution is -2.20. The number of hydrogen-bond donors (Lipinski definition) is 1. The zero-order valence-electron chi connectivity index (χ0n) is 27.4. The second kappa shape index (κ2) is 16.0. The third-order valence-electron chi connectivity index (χ3n) is 6.06. The van der Waals surface area contributed by atoms with E-state index in [1.807, 2.05) is 41.5 Å². The van der Waals surface area contributed by atoms with Crippen LogP contribution in [0.1, 0.15) is 86.8 Å². The van der Waals surface area contributed by atoms with Gasteiger partial charge in [0.2, 0.25) is 0 Å². The van der Waals surface area contributed by atoms with Crippen LogP contribution in [0.4, 0.5) is 5.69 Å². The van der Waals surface area contributed by atoms with Crippen molar-refractivity contribution in [2.45, 2.75) is 78.4 Å². The van der Waals surface area contributed by atoms with Crippen molar-refractivity contribution in [3.05, 3.63) is 58.8 Å². The van der Waals surface area contributed by atoms with Gasteiger partial charge in [0, 0.05) is 38.5 Å². The van der Waals surface area contributed by atoms with Crippen LogP contribution in [0.2, 0.25) is 0 Å².